The van der Waals surface area contributed by atoms with Crippen molar-refractivity contribution in [2.45, 2.75) is 58.0 Å². The maximum absolute atomic E-state index is 3.62. The molecule has 2 saturated heterocycles. The molecule has 0 aromatic heterocycles. The molecule has 3 aliphatic rings. The third-order valence-electron chi connectivity index (χ3n) is 6.71. The monoisotopic (exact) mass is 293 g/mol. The van der Waals surface area contributed by atoms with Crippen molar-refractivity contribution in [2.75, 3.05) is 40.3 Å². The second-order valence-electron chi connectivity index (χ2n) is 8.55. The highest BCUT2D eigenvalue weighted by molar-refractivity contribution is 4.98. The molecule has 4 atom stereocenters. The average molecular weight is 293 g/mol. The Morgan fingerprint density at radius 3 is 2.71 bits per heavy atom. The molecule has 3 nitrogen and oxygen atoms in total. The summed E-state index contributed by atoms with van der Waals surface area (Å²) in [6, 6.07) is 1.57. The van der Waals surface area contributed by atoms with E-state index in [0.717, 1.165) is 17.9 Å². The number of piperidine rings is 2. The van der Waals surface area contributed by atoms with Gasteiger partial charge in [0, 0.05) is 25.2 Å². The van der Waals surface area contributed by atoms with E-state index in [0.29, 0.717) is 11.5 Å². The van der Waals surface area contributed by atoms with Crippen LogP contribution in [0.3, 0.4) is 0 Å². The van der Waals surface area contributed by atoms with Crippen molar-refractivity contribution in [2.24, 2.45) is 17.3 Å². The van der Waals surface area contributed by atoms with E-state index in [4.69, 9.17) is 0 Å². The molecular formula is C18H35N3. The van der Waals surface area contributed by atoms with E-state index in [2.05, 4.69) is 43.1 Å². The summed E-state index contributed by atoms with van der Waals surface area (Å²) in [4.78, 5) is 5.41. The zero-order chi connectivity index (χ0) is 15.0. The molecule has 0 aromatic rings. The third kappa shape index (κ3) is 3.16. The van der Waals surface area contributed by atoms with Crippen molar-refractivity contribution in [3.05, 3.63) is 0 Å². The lowest BCUT2D eigenvalue weighted by molar-refractivity contribution is 0.0299. The first-order valence-electron chi connectivity index (χ1n) is 9.11. The van der Waals surface area contributed by atoms with E-state index < -0.39 is 0 Å². The summed E-state index contributed by atoms with van der Waals surface area (Å²) in [7, 11) is 4.50. The number of fused-ring (bicyclic) bond motifs is 1. The molecule has 1 N–H and O–H groups in total. The van der Waals surface area contributed by atoms with Gasteiger partial charge in [-0.3, -0.25) is 0 Å². The molecule has 1 saturated carbocycles. The third-order valence-corrected chi connectivity index (χ3v) is 6.71. The second-order valence-corrected chi connectivity index (χ2v) is 8.55. The Morgan fingerprint density at radius 1 is 1.14 bits per heavy atom. The van der Waals surface area contributed by atoms with Gasteiger partial charge in [0.05, 0.1) is 0 Å². The molecule has 3 heteroatoms. The van der Waals surface area contributed by atoms with Crippen LogP contribution in [0.5, 0.6) is 0 Å². The minimum atomic E-state index is 0.475. The molecule has 0 bridgehead atoms. The molecule has 1 aliphatic carbocycles. The lowest BCUT2D eigenvalue weighted by Crippen LogP contribution is -2.54. The highest BCUT2D eigenvalue weighted by atomic mass is 15.2. The Balaban J connectivity index is 1.57. The topological polar surface area (TPSA) is 18.5 Å². The molecule has 3 rings (SSSR count). The normalized spacial score (nSPS) is 41.1. The van der Waals surface area contributed by atoms with E-state index in [9.17, 15) is 0 Å². The number of hydrogen-bond donors (Lipinski definition) is 1. The van der Waals surface area contributed by atoms with Crippen molar-refractivity contribution >= 4 is 0 Å². The molecular weight excluding hydrogens is 258 g/mol. The Labute approximate surface area is 131 Å². The Morgan fingerprint density at radius 2 is 1.95 bits per heavy atom. The van der Waals surface area contributed by atoms with Crippen LogP contribution in [-0.4, -0.2) is 62.2 Å². The first-order valence-corrected chi connectivity index (χ1v) is 9.11. The van der Waals surface area contributed by atoms with Gasteiger partial charge in [0.25, 0.3) is 0 Å². The van der Waals surface area contributed by atoms with Crippen LogP contribution in [-0.2, 0) is 0 Å². The number of likely N-dealkylation sites (tertiary alicyclic amines) is 2. The molecule has 2 aliphatic heterocycles. The Kier molecular flexibility index (Phi) is 4.63. The van der Waals surface area contributed by atoms with Gasteiger partial charge in [-0.05, 0) is 76.5 Å². The van der Waals surface area contributed by atoms with Crippen molar-refractivity contribution in [1.29, 1.82) is 0 Å². The highest BCUT2D eigenvalue weighted by Crippen LogP contribution is 2.42. The zero-order valence-electron chi connectivity index (χ0n) is 14.6. The van der Waals surface area contributed by atoms with Crippen LogP contribution in [0.4, 0.5) is 0 Å². The SMILES string of the molecule is CNC1C(CN2CCC3C(CCCN3C)C2)CCC1(C)C. The van der Waals surface area contributed by atoms with Crippen molar-refractivity contribution < 1.29 is 0 Å². The van der Waals surface area contributed by atoms with Crippen LogP contribution >= 0.6 is 0 Å². The summed E-state index contributed by atoms with van der Waals surface area (Å²) in [6.45, 7) is 10.2. The lowest BCUT2D eigenvalue weighted by Gasteiger charge is -2.47. The van der Waals surface area contributed by atoms with E-state index in [1.54, 1.807) is 0 Å². The van der Waals surface area contributed by atoms with Gasteiger partial charge in [0.1, 0.15) is 0 Å². The van der Waals surface area contributed by atoms with Crippen LogP contribution < -0.4 is 5.32 Å². The number of hydrogen-bond acceptors (Lipinski definition) is 3. The van der Waals surface area contributed by atoms with Crippen molar-refractivity contribution in [3.63, 3.8) is 0 Å². The largest absolute Gasteiger partial charge is 0.316 e. The van der Waals surface area contributed by atoms with Gasteiger partial charge < -0.3 is 15.1 Å². The number of rotatable bonds is 3. The summed E-state index contributed by atoms with van der Waals surface area (Å²) in [5.41, 5.74) is 0.475. The van der Waals surface area contributed by atoms with Gasteiger partial charge in [0.2, 0.25) is 0 Å². The summed E-state index contributed by atoms with van der Waals surface area (Å²) >= 11 is 0. The lowest BCUT2D eigenvalue weighted by atomic mass is 9.82. The Hall–Kier alpha value is -0.120. The highest BCUT2D eigenvalue weighted by Gasteiger charge is 2.42. The molecule has 0 amide bonds. The van der Waals surface area contributed by atoms with Crippen molar-refractivity contribution in [3.8, 4) is 0 Å². The maximum Gasteiger partial charge on any atom is 0.0156 e. The number of nitrogens with one attached hydrogen (secondary N) is 1. The summed E-state index contributed by atoms with van der Waals surface area (Å²) < 4.78 is 0. The van der Waals surface area contributed by atoms with Crippen LogP contribution in [0, 0.1) is 17.3 Å². The number of nitrogens with zero attached hydrogens (tertiary/aromatic N) is 2. The van der Waals surface area contributed by atoms with Crippen LogP contribution in [0.15, 0.2) is 0 Å². The fourth-order valence-corrected chi connectivity index (χ4v) is 5.57. The summed E-state index contributed by atoms with van der Waals surface area (Å²) in [5, 5.41) is 3.62. The first-order chi connectivity index (χ1) is 10.0. The average Bonchev–Trinajstić information content (AvgIpc) is 2.73. The van der Waals surface area contributed by atoms with Crippen LogP contribution in [0.2, 0.25) is 0 Å². The quantitative estimate of drug-likeness (QED) is 0.862. The molecule has 4 unspecified atom stereocenters. The minimum absolute atomic E-state index is 0.475. The molecule has 0 radical (unpaired) electrons. The van der Waals surface area contributed by atoms with Crippen LogP contribution in [0.25, 0.3) is 0 Å². The fraction of sp³-hybridized carbons (Fsp3) is 1.00. The van der Waals surface area contributed by atoms with E-state index in [1.807, 2.05) is 0 Å². The van der Waals surface area contributed by atoms with Crippen molar-refractivity contribution in [1.82, 2.24) is 15.1 Å². The molecule has 2 heterocycles. The Bertz CT molecular complexity index is 354. The second kappa shape index (κ2) is 6.17. The maximum atomic E-state index is 3.62. The van der Waals surface area contributed by atoms with Gasteiger partial charge in [0.15, 0.2) is 0 Å². The molecule has 3 fully saturated rings. The van der Waals surface area contributed by atoms with Gasteiger partial charge in [-0.1, -0.05) is 13.8 Å². The van der Waals surface area contributed by atoms with Gasteiger partial charge in [-0.2, -0.15) is 0 Å². The van der Waals surface area contributed by atoms with Gasteiger partial charge >= 0.3 is 0 Å². The predicted octanol–water partition coefficient (Wildman–Crippen LogP) is 2.43. The van der Waals surface area contributed by atoms with E-state index in [1.165, 1.54) is 58.3 Å². The molecule has 0 spiro atoms. The van der Waals surface area contributed by atoms with Gasteiger partial charge in [-0.15, -0.1) is 0 Å². The zero-order valence-corrected chi connectivity index (χ0v) is 14.6. The summed E-state index contributed by atoms with van der Waals surface area (Å²) in [5.74, 6) is 1.78. The molecule has 21 heavy (non-hydrogen) atoms. The van der Waals surface area contributed by atoms with Gasteiger partial charge in [-0.25, -0.2) is 0 Å². The fourth-order valence-electron chi connectivity index (χ4n) is 5.57. The van der Waals surface area contributed by atoms with E-state index in [-0.39, 0.29) is 0 Å². The standard InChI is InChI=1S/C18H35N3/c1-18(2)9-7-15(17(18)19-3)13-21-11-8-16-14(12-21)6-5-10-20(16)4/h14-17,19H,5-13H2,1-4H3. The first kappa shape index (κ1) is 15.8. The van der Waals surface area contributed by atoms with E-state index >= 15 is 0 Å². The smallest absolute Gasteiger partial charge is 0.0156 e. The summed E-state index contributed by atoms with van der Waals surface area (Å²) in [6.07, 6.45) is 7.04. The van der Waals surface area contributed by atoms with Crippen LogP contribution in [0.1, 0.15) is 46.0 Å². The minimum Gasteiger partial charge on any atom is -0.316 e. The molecule has 122 valence electrons. The molecule has 0 aromatic carbocycles. The predicted molar refractivity (Wildman–Crippen MR) is 89.6 cm³/mol.